The van der Waals surface area contributed by atoms with E-state index in [1.807, 2.05) is 0 Å². The van der Waals surface area contributed by atoms with Crippen molar-refractivity contribution >= 4 is 34.9 Å². The fourth-order valence-corrected chi connectivity index (χ4v) is 1.98. The minimum atomic E-state index is 0.194. The molecule has 11 heavy (non-hydrogen) atoms. The Labute approximate surface area is 77.9 Å². The molecule has 62 valence electrons. The average Bonchev–Trinajstić information content (AvgIpc) is 2.37. The van der Waals surface area contributed by atoms with E-state index in [1.165, 1.54) is 11.5 Å². The van der Waals surface area contributed by atoms with Crippen LogP contribution in [0.1, 0.15) is 5.69 Å². The van der Waals surface area contributed by atoms with Crippen LogP contribution in [-0.2, 0) is 5.75 Å². The molecule has 0 saturated carbocycles. The van der Waals surface area contributed by atoms with Crippen LogP contribution < -0.4 is 0 Å². The number of hydrogen-bond acceptors (Lipinski definition) is 5. The second kappa shape index (κ2) is 4.92. The van der Waals surface area contributed by atoms with Gasteiger partial charge in [0.15, 0.2) is 0 Å². The molecule has 0 radical (unpaired) electrons. The van der Waals surface area contributed by atoms with Gasteiger partial charge >= 0.3 is 0 Å². The van der Waals surface area contributed by atoms with Gasteiger partial charge < -0.3 is 5.11 Å². The molecule has 0 unspecified atom stereocenters. The molecule has 0 aliphatic rings. The van der Waals surface area contributed by atoms with E-state index in [2.05, 4.69) is 9.59 Å². The molecule has 0 aliphatic carbocycles. The first-order chi connectivity index (χ1) is 5.34. The van der Waals surface area contributed by atoms with Gasteiger partial charge in [-0.15, -0.1) is 5.10 Å². The smallest absolute Gasteiger partial charge is 0.138 e. The number of nitrogens with zero attached hydrogens (tertiary/aromatic N) is 2. The van der Waals surface area contributed by atoms with E-state index in [1.54, 1.807) is 11.8 Å². The molecule has 6 heteroatoms. The maximum Gasteiger partial charge on any atom is 0.138 e. The molecule has 1 aromatic rings. The number of aliphatic hydroxyl groups is 1. The predicted molar refractivity (Wildman–Crippen MR) is 48.2 cm³/mol. The summed E-state index contributed by atoms with van der Waals surface area (Å²) in [6.45, 7) is 0.194. The van der Waals surface area contributed by atoms with E-state index in [4.69, 9.17) is 16.7 Å². The largest absolute Gasteiger partial charge is 0.396 e. The van der Waals surface area contributed by atoms with E-state index in [9.17, 15) is 0 Å². The van der Waals surface area contributed by atoms with Gasteiger partial charge in [-0.1, -0.05) is 16.1 Å². The van der Waals surface area contributed by atoms with E-state index in [0.29, 0.717) is 10.1 Å². The Morgan fingerprint density at radius 2 is 2.45 bits per heavy atom. The first kappa shape index (κ1) is 9.25. The summed E-state index contributed by atoms with van der Waals surface area (Å²) in [6, 6.07) is 0. The Morgan fingerprint density at radius 1 is 1.64 bits per heavy atom. The Hall–Kier alpha value is 0.160. The summed E-state index contributed by atoms with van der Waals surface area (Å²) in [5, 5.41) is 12.3. The molecule has 0 aromatic carbocycles. The average molecular weight is 211 g/mol. The molecule has 1 heterocycles. The van der Waals surface area contributed by atoms with Gasteiger partial charge in [-0.2, -0.15) is 11.8 Å². The quantitative estimate of drug-likeness (QED) is 0.764. The standard InChI is InChI=1S/C5H7ClN2OS2/c6-5-4(7-8-11-5)3-10-2-1-9/h9H,1-3H2. The summed E-state index contributed by atoms with van der Waals surface area (Å²) in [4.78, 5) is 0. The highest BCUT2D eigenvalue weighted by molar-refractivity contribution is 7.98. The van der Waals surface area contributed by atoms with Crippen molar-refractivity contribution in [3.63, 3.8) is 0 Å². The minimum Gasteiger partial charge on any atom is -0.396 e. The molecule has 0 amide bonds. The number of thioether (sulfide) groups is 1. The van der Waals surface area contributed by atoms with Crippen molar-refractivity contribution < 1.29 is 5.11 Å². The molecule has 0 atom stereocenters. The first-order valence-electron chi connectivity index (χ1n) is 3.00. The number of halogens is 1. The topological polar surface area (TPSA) is 46.0 Å². The van der Waals surface area contributed by atoms with E-state index in [0.717, 1.165) is 11.4 Å². The molecule has 1 rings (SSSR count). The van der Waals surface area contributed by atoms with Crippen LogP contribution in [0.3, 0.4) is 0 Å². The molecular weight excluding hydrogens is 204 g/mol. The summed E-state index contributed by atoms with van der Waals surface area (Å²) in [5.74, 6) is 1.45. The summed E-state index contributed by atoms with van der Waals surface area (Å²) in [5.41, 5.74) is 0.815. The summed E-state index contributed by atoms with van der Waals surface area (Å²) in [7, 11) is 0. The lowest BCUT2D eigenvalue weighted by Crippen LogP contribution is -1.88. The summed E-state index contributed by atoms with van der Waals surface area (Å²) in [6.07, 6.45) is 0. The van der Waals surface area contributed by atoms with Crippen molar-refractivity contribution in [1.82, 2.24) is 9.59 Å². The molecule has 1 aromatic heterocycles. The summed E-state index contributed by atoms with van der Waals surface area (Å²) >= 11 is 8.52. The fourth-order valence-electron chi connectivity index (χ4n) is 0.517. The zero-order chi connectivity index (χ0) is 8.10. The van der Waals surface area contributed by atoms with Crippen molar-refractivity contribution in [2.75, 3.05) is 12.4 Å². The van der Waals surface area contributed by atoms with E-state index >= 15 is 0 Å². The van der Waals surface area contributed by atoms with Crippen LogP contribution in [0, 0.1) is 0 Å². The first-order valence-corrected chi connectivity index (χ1v) is 5.30. The van der Waals surface area contributed by atoms with Gasteiger partial charge in [-0.05, 0) is 0 Å². The molecule has 0 saturated heterocycles. The van der Waals surface area contributed by atoms with Crippen LogP contribution in [0.15, 0.2) is 0 Å². The highest BCUT2D eigenvalue weighted by Crippen LogP contribution is 2.21. The second-order valence-corrected chi connectivity index (χ2v) is 4.23. The Bertz CT molecular complexity index is 218. The molecule has 0 spiro atoms. The zero-order valence-corrected chi connectivity index (χ0v) is 8.05. The maximum absolute atomic E-state index is 8.48. The number of aliphatic hydroxyl groups excluding tert-OH is 1. The van der Waals surface area contributed by atoms with E-state index < -0.39 is 0 Å². The lowest BCUT2D eigenvalue weighted by atomic mass is 10.6. The predicted octanol–water partition coefficient (Wildman–Crippen LogP) is 1.42. The van der Waals surface area contributed by atoms with Crippen LogP contribution in [0.2, 0.25) is 4.34 Å². The van der Waals surface area contributed by atoms with Gasteiger partial charge in [-0.25, -0.2) is 0 Å². The van der Waals surface area contributed by atoms with Gasteiger partial charge in [0.05, 0.1) is 6.61 Å². The van der Waals surface area contributed by atoms with Crippen molar-refractivity contribution in [1.29, 1.82) is 0 Å². The molecular formula is C5H7ClN2OS2. The summed E-state index contributed by atoms with van der Waals surface area (Å²) < 4.78 is 4.33. The third-order valence-electron chi connectivity index (χ3n) is 0.984. The van der Waals surface area contributed by atoms with Crippen LogP contribution in [0.25, 0.3) is 0 Å². The highest BCUT2D eigenvalue weighted by Gasteiger charge is 2.03. The number of hydrogen-bond donors (Lipinski definition) is 1. The molecule has 0 aliphatic heterocycles. The van der Waals surface area contributed by atoms with Gasteiger partial charge in [0.25, 0.3) is 0 Å². The van der Waals surface area contributed by atoms with Crippen molar-refractivity contribution in [2.45, 2.75) is 5.75 Å². The SMILES string of the molecule is OCCSCc1nnsc1Cl. The monoisotopic (exact) mass is 210 g/mol. The zero-order valence-electron chi connectivity index (χ0n) is 5.66. The lowest BCUT2D eigenvalue weighted by Gasteiger charge is -1.93. The van der Waals surface area contributed by atoms with Crippen LogP contribution in [0.4, 0.5) is 0 Å². The van der Waals surface area contributed by atoms with Crippen LogP contribution in [0.5, 0.6) is 0 Å². The van der Waals surface area contributed by atoms with Crippen molar-refractivity contribution in [3.8, 4) is 0 Å². The maximum atomic E-state index is 8.48. The van der Waals surface area contributed by atoms with E-state index in [-0.39, 0.29) is 6.61 Å². The lowest BCUT2D eigenvalue weighted by molar-refractivity contribution is 0.322. The number of aromatic nitrogens is 2. The number of rotatable bonds is 4. The Kier molecular flexibility index (Phi) is 4.14. The van der Waals surface area contributed by atoms with Gasteiger partial charge in [-0.3, -0.25) is 0 Å². The minimum absolute atomic E-state index is 0.194. The van der Waals surface area contributed by atoms with Crippen molar-refractivity contribution in [2.24, 2.45) is 0 Å². The van der Waals surface area contributed by atoms with Crippen LogP contribution in [-0.4, -0.2) is 27.1 Å². The Morgan fingerprint density at radius 3 is 3.00 bits per heavy atom. The van der Waals surface area contributed by atoms with Gasteiger partial charge in [0.2, 0.25) is 0 Å². The molecule has 0 bridgehead atoms. The third-order valence-corrected chi connectivity index (χ3v) is 2.92. The molecule has 3 nitrogen and oxygen atoms in total. The second-order valence-electron chi connectivity index (χ2n) is 1.77. The fraction of sp³-hybridized carbons (Fsp3) is 0.600. The molecule has 0 fully saturated rings. The van der Waals surface area contributed by atoms with Crippen molar-refractivity contribution in [3.05, 3.63) is 10.0 Å². The molecule has 1 N–H and O–H groups in total. The highest BCUT2D eigenvalue weighted by atomic mass is 35.5. The third kappa shape index (κ3) is 2.94. The Balaban J connectivity index is 2.32. The van der Waals surface area contributed by atoms with Gasteiger partial charge in [0.1, 0.15) is 10.0 Å². The normalized spacial score (nSPS) is 10.4. The van der Waals surface area contributed by atoms with Gasteiger partial charge in [0, 0.05) is 23.0 Å². The van der Waals surface area contributed by atoms with Crippen LogP contribution >= 0.6 is 34.9 Å².